The van der Waals surface area contributed by atoms with Gasteiger partial charge in [0.2, 0.25) is 0 Å². The Bertz CT molecular complexity index is 391. The molecule has 0 saturated heterocycles. The van der Waals surface area contributed by atoms with Gasteiger partial charge in [-0.3, -0.25) is 0 Å². The van der Waals surface area contributed by atoms with Crippen LogP contribution in [-0.4, -0.2) is 12.6 Å². The summed E-state index contributed by atoms with van der Waals surface area (Å²) >= 11 is 0. The molecule has 2 heteroatoms. The van der Waals surface area contributed by atoms with Crippen molar-refractivity contribution in [3.63, 3.8) is 0 Å². The molecule has 0 radical (unpaired) electrons. The summed E-state index contributed by atoms with van der Waals surface area (Å²) in [5, 5.41) is 0. The first-order valence-electron chi connectivity index (χ1n) is 6.73. The minimum Gasteiger partial charge on any atom is -0.489 e. The Morgan fingerprint density at radius 1 is 1.22 bits per heavy atom. The van der Waals surface area contributed by atoms with Crippen molar-refractivity contribution in [1.82, 2.24) is 0 Å². The zero-order chi connectivity index (χ0) is 13.9. The van der Waals surface area contributed by atoms with Crippen LogP contribution in [0.1, 0.15) is 51.7 Å². The molecule has 1 aromatic rings. The van der Waals surface area contributed by atoms with E-state index in [2.05, 4.69) is 59.7 Å². The van der Waals surface area contributed by atoms with Crippen LogP contribution in [-0.2, 0) is 0 Å². The van der Waals surface area contributed by atoms with Crippen molar-refractivity contribution in [1.29, 1.82) is 0 Å². The van der Waals surface area contributed by atoms with Gasteiger partial charge >= 0.3 is 0 Å². The van der Waals surface area contributed by atoms with E-state index in [0.717, 1.165) is 5.75 Å². The largest absolute Gasteiger partial charge is 0.489 e. The Morgan fingerprint density at radius 3 is 2.22 bits per heavy atom. The Labute approximate surface area is 112 Å². The number of hydrogen-bond acceptors (Lipinski definition) is 2. The van der Waals surface area contributed by atoms with Crippen molar-refractivity contribution in [2.45, 2.75) is 53.6 Å². The molecule has 0 saturated carbocycles. The van der Waals surface area contributed by atoms with Crippen LogP contribution in [0, 0.1) is 12.3 Å². The Hall–Kier alpha value is -1.02. The van der Waals surface area contributed by atoms with E-state index in [1.165, 1.54) is 11.1 Å². The van der Waals surface area contributed by atoms with E-state index < -0.39 is 0 Å². The highest BCUT2D eigenvalue weighted by molar-refractivity contribution is 5.36. The Morgan fingerprint density at radius 2 is 1.83 bits per heavy atom. The highest BCUT2D eigenvalue weighted by Gasteiger charge is 2.25. The van der Waals surface area contributed by atoms with Gasteiger partial charge in [-0.2, -0.15) is 0 Å². The van der Waals surface area contributed by atoms with Crippen molar-refractivity contribution in [2.75, 3.05) is 6.54 Å². The van der Waals surface area contributed by atoms with Crippen molar-refractivity contribution < 1.29 is 4.74 Å². The van der Waals surface area contributed by atoms with Gasteiger partial charge in [0.1, 0.15) is 11.9 Å². The van der Waals surface area contributed by atoms with Crippen LogP contribution in [0.25, 0.3) is 0 Å². The molecule has 102 valence electrons. The molecule has 0 amide bonds. The molecule has 0 aliphatic carbocycles. The molecule has 0 spiro atoms. The molecule has 2 nitrogen and oxygen atoms in total. The average molecular weight is 249 g/mol. The van der Waals surface area contributed by atoms with E-state index in [9.17, 15) is 0 Å². The summed E-state index contributed by atoms with van der Waals surface area (Å²) in [6.07, 6.45) is 0.0433. The third-order valence-corrected chi connectivity index (χ3v) is 3.32. The van der Waals surface area contributed by atoms with E-state index in [1.54, 1.807) is 0 Å². The molecule has 1 unspecified atom stereocenters. The maximum absolute atomic E-state index is 6.02. The zero-order valence-electron chi connectivity index (χ0n) is 12.6. The number of aryl methyl sites for hydroxylation is 1. The third-order valence-electron chi connectivity index (χ3n) is 3.32. The van der Waals surface area contributed by atoms with E-state index in [-0.39, 0.29) is 11.5 Å². The zero-order valence-corrected chi connectivity index (χ0v) is 12.6. The lowest BCUT2D eigenvalue weighted by atomic mass is 9.89. The fraction of sp³-hybridized carbons (Fsp3) is 0.625. The number of ether oxygens (including phenoxy) is 1. The summed E-state index contributed by atoms with van der Waals surface area (Å²) in [6.45, 7) is 13.5. The number of benzene rings is 1. The van der Waals surface area contributed by atoms with Gasteiger partial charge in [-0.1, -0.05) is 40.7 Å². The summed E-state index contributed by atoms with van der Waals surface area (Å²) in [5.41, 5.74) is 8.51. The first kappa shape index (κ1) is 15.0. The molecule has 1 atom stereocenters. The molecule has 0 aromatic heterocycles. The first-order valence-corrected chi connectivity index (χ1v) is 6.73. The normalized spacial score (nSPS) is 13.8. The Balaban J connectivity index is 2.89. The second-order valence-corrected chi connectivity index (χ2v) is 6.38. The topological polar surface area (TPSA) is 35.2 Å². The lowest BCUT2D eigenvalue weighted by Gasteiger charge is -2.30. The van der Waals surface area contributed by atoms with E-state index >= 15 is 0 Å². The quantitative estimate of drug-likeness (QED) is 0.879. The molecule has 1 rings (SSSR count). The molecule has 1 aromatic carbocycles. The molecular formula is C16H27NO. The van der Waals surface area contributed by atoms with E-state index in [4.69, 9.17) is 10.5 Å². The third kappa shape index (κ3) is 3.74. The lowest BCUT2D eigenvalue weighted by Crippen LogP contribution is -2.38. The van der Waals surface area contributed by atoms with Crippen LogP contribution in [0.5, 0.6) is 5.75 Å². The molecular weight excluding hydrogens is 222 g/mol. The predicted octanol–water partition coefficient (Wildman–Crippen LogP) is 3.87. The minimum atomic E-state index is 0.0433. The van der Waals surface area contributed by atoms with E-state index in [0.29, 0.717) is 12.5 Å². The van der Waals surface area contributed by atoms with Gasteiger partial charge in [0.05, 0.1) is 0 Å². The number of nitrogens with two attached hydrogens (primary N) is 1. The van der Waals surface area contributed by atoms with Crippen LogP contribution < -0.4 is 10.5 Å². The van der Waals surface area contributed by atoms with Crippen LogP contribution in [0.2, 0.25) is 0 Å². The second-order valence-electron chi connectivity index (χ2n) is 6.38. The fourth-order valence-electron chi connectivity index (χ4n) is 2.11. The average Bonchev–Trinajstić information content (AvgIpc) is 2.23. The summed E-state index contributed by atoms with van der Waals surface area (Å²) in [4.78, 5) is 0. The van der Waals surface area contributed by atoms with Crippen molar-refractivity contribution in [2.24, 2.45) is 11.1 Å². The van der Waals surface area contributed by atoms with Crippen molar-refractivity contribution in [3.05, 3.63) is 29.3 Å². The number of rotatable bonds is 4. The lowest BCUT2D eigenvalue weighted by molar-refractivity contribution is 0.0941. The minimum absolute atomic E-state index is 0.0433. The number of hydrogen-bond donors (Lipinski definition) is 1. The van der Waals surface area contributed by atoms with Crippen LogP contribution in [0.3, 0.4) is 0 Å². The molecule has 0 heterocycles. The summed E-state index contributed by atoms with van der Waals surface area (Å²) in [5.74, 6) is 1.47. The summed E-state index contributed by atoms with van der Waals surface area (Å²) in [6, 6.07) is 6.33. The highest BCUT2D eigenvalue weighted by Crippen LogP contribution is 2.27. The van der Waals surface area contributed by atoms with Gasteiger partial charge in [-0.05, 0) is 36.1 Å². The monoisotopic (exact) mass is 249 g/mol. The van der Waals surface area contributed by atoms with Crippen molar-refractivity contribution in [3.8, 4) is 5.75 Å². The molecule has 0 aliphatic heterocycles. The summed E-state index contributed by atoms with van der Waals surface area (Å²) in [7, 11) is 0. The van der Waals surface area contributed by atoms with Crippen LogP contribution in [0.15, 0.2) is 18.2 Å². The van der Waals surface area contributed by atoms with Gasteiger partial charge < -0.3 is 10.5 Å². The van der Waals surface area contributed by atoms with Crippen molar-refractivity contribution >= 4 is 0 Å². The molecule has 2 N–H and O–H groups in total. The van der Waals surface area contributed by atoms with Crippen LogP contribution >= 0.6 is 0 Å². The Kier molecular flexibility index (Phi) is 4.80. The fourth-order valence-corrected chi connectivity index (χ4v) is 2.11. The van der Waals surface area contributed by atoms with Gasteiger partial charge in [-0.25, -0.2) is 0 Å². The van der Waals surface area contributed by atoms with Gasteiger partial charge in [0.25, 0.3) is 0 Å². The SMILES string of the molecule is Cc1cc(OC(CN)C(C)(C)C)ccc1C(C)C. The van der Waals surface area contributed by atoms with E-state index in [1.807, 2.05) is 0 Å². The van der Waals surface area contributed by atoms with Gasteiger partial charge in [0, 0.05) is 12.0 Å². The molecule has 0 aliphatic rings. The standard InChI is InChI=1S/C16H27NO/c1-11(2)14-8-7-13(9-12(14)3)18-15(10-17)16(4,5)6/h7-9,11,15H,10,17H2,1-6H3. The molecule has 18 heavy (non-hydrogen) atoms. The summed E-state index contributed by atoms with van der Waals surface area (Å²) < 4.78 is 6.02. The molecule has 0 bridgehead atoms. The first-order chi connectivity index (χ1) is 8.25. The van der Waals surface area contributed by atoms with Gasteiger partial charge in [-0.15, -0.1) is 0 Å². The molecule has 0 fully saturated rings. The highest BCUT2D eigenvalue weighted by atomic mass is 16.5. The second kappa shape index (κ2) is 5.75. The maximum Gasteiger partial charge on any atom is 0.120 e. The van der Waals surface area contributed by atoms with Crippen LogP contribution in [0.4, 0.5) is 0 Å². The predicted molar refractivity (Wildman–Crippen MR) is 78.2 cm³/mol. The van der Waals surface area contributed by atoms with Gasteiger partial charge in [0.15, 0.2) is 0 Å². The smallest absolute Gasteiger partial charge is 0.120 e. The maximum atomic E-state index is 6.02.